The topological polar surface area (TPSA) is 70.4 Å². The van der Waals surface area contributed by atoms with E-state index in [2.05, 4.69) is 15.2 Å². The molecule has 5 nitrogen and oxygen atoms in total. The van der Waals surface area contributed by atoms with Crippen LogP contribution in [0.5, 0.6) is 0 Å². The van der Waals surface area contributed by atoms with Gasteiger partial charge in [0.05, 0.1) is 12.3 Å². The molecule has 3 rings (SSSR count). The van der Waals surface area contributed by atoms with Gasteiger partial charge in [-0.1, -0.05) is 10.3 Å². The fourth-order valence-corrected chi connectivity index (χ4v) is 3.28. The SMILES string of the molecule is [N-]=[N+]=NCC1=NO[C@@H]2[C@H]3CC[C@H](C3)[C@H]12. The molecule has 14 heavy (non-hydrogen) atoms. The molecular formula is C9H12N4O. The average molecular weight is 192 g/mol. The summed E-state index contributed by atoms with van der Waals surface area (Å²) in [6, 6.07) is 0. The first-order chi connectivity index (χ1) is 6.90. The maximum Gasteiger partial charge on any atom is 0.138 e. The lowest BCUT2D eigenvalue weighted by molar-refractivity contribution is 0.0275. The third-order valence-electron chi connectivity index (χ3n) is 3.81. The molecule has 0 saturated heterocycles. The molecule has 0 aromatic heterocycles. The molecule has 4 atom stereocenters. The molecule has 2 bridgehead atoms. The van der Waals surface area contributed by atoms with Crippen molar-refractivity contribution in [2.75, 3.05) is 6.54 Å². The van der Waals surface area contributed by atoms with Gasteiger partial charge < -0.3 is 4.84 Å². The molecule has 3 aliphatic rings. The van der Waals surface area contributed by atoms with Crippen molar-refractivity contribution >= 4 is 5.71 Å². The first kappa shape index (κ1) is 8.12. The van der Waals surface area contributed by atoms with E-state index < -0.39 is 0 Å². The molecule has 0 aromatic carbocycles. The zero-order valence-corrected chi connectivity index (χ0v) is 7.83. The number of rotatable bonds is 2. The van der Waals surface area contributed by atoms with Crippen LogP contribution in [0, 0.1) is 17.8 Å². The van der Waals surface area contributed by atoms with E-state index in [0.29, 0.717) is 24.5 Å². The standard InChI is InChI=1S/C9H12N4O/c10-13-11-4-7-8-5-1-2-6(3-5)9(8)14-12-7/h5-6,8-9H,1-4H2/t5-,6+,8-,9-/m1/s1. The summed E-state index contributed by atoms with van der Waals surface area (Å²) in [5, 5.41) is 7.62. The summed E-state index contributed by atoms with van der Waals surface area (Å²) in [7, 11) is 0. The van der Waals surface area contributed by atoms with Crippen molar-refractivity contribution in [1.82, 2.24) is 0 Å². The number of azide groups is 1. The Balaban J connectivity index is 1.80. The van der Waals surface area contributed by atoms with Crippen LogP contribution in [0.3, 0.4) is 0 Å². The van der Waals surface area contributed by atoms with Crippen LogP contribution in [0.2, 0.25) is 0 Å². The first-order valence-corrected chi connectivity index (χ1v) is 5.13. The number of fused-ring (bicyclic) bond motifs is 5. The molecule has 1 aliphatic heterocycles. The molecule has 2 aliphatic carbocycles. The van der Waals surface area contributed by atoms with Crippen LogP contribution in [0.4, 0.5) is 0 Å². The van der Waals surface area contributed by atoms with Gasteiger partial charge in [0.15, 0.2) is 0 Å². The summed E-state index contributed by atoms with van der Waals surface area (Å²) in [6.45, 7) is 0.390. The van der Waals surface area contributed by atoms with Gasteiger partial charge in [-0.3, -0.25) is 0 Å². The van der Waals surface area contributed by atoms with Gasteiger partial charge in [-0.2, -0.15) is 0 Å². The van der Waals surface area contributed by atoms with Gasteiger partial charge >= 0.3 is 0 Å². The molecule has 0 N–H and O–H groups in total. The molecule has 0 amide bonds. The first-order valence-electron chi connectivity index (χ1n) is 5.13. The van der Waals surface area contributed by atoms with E-state index in [-0.39, 0.29) is 0 Å². The van der Waals surface area contributed by atoms with Crippen molar-refractivity contribution in [3.05, 3.63) is 10.4 Å². The van der Waals surface area contributed by atoms with E-state index in [9.17, 15) is 0 Å². The third kappa shape index (κ3) is 0.960. The van der Waals surface area contributed by atoms with Gasteiger partial charge in [0.1, 0.15) is 6.10 Å². The minimum absolute atomic E-state index is 0.303. The van der Waals surface area contributed by atoms with Crippen LogP contribution in [0.25, 0.3) is 10.4 Å². The normalized spacial score (nSPS) is 42.7. The maximum absolute atomic E-state index is 8.26. The molecule has 0 radical (unpaired) electrons. The molecule has 1 heterocycles. The van der Waals surface area contributed by atoms with Gasteiger partial charge in [-0.05, 0) is 36.6 Å². The van der Waals surface area contributed by atoms with Crippen molar-refractivity contribution in [2.24, 2.45) is 28.0 Å². The highest BCUT2D eigenvalue weighted by atomic mass is 16.6. The van der Waals surface area contributed by atoms with Crippen molar-refractivity contribution in [3.63, 3.8) is 0 Å². The second-order valence-corrected chi connectivity index (χ2v) is 4.40. The summed E-state index contributed by atoms with van der Waals surface area (Å²) >= 11 is 0. The van der Waals surface area contributed by atoms with Gasteiger partial charge in [0.25, 0.3) is 0 Å². The second kappa shape index (κ2) is 2.89. The van der Waals surface area contributed by atoms with Crippen molar-refractivity contribution in [1.29, 1.82) is 0 Å². The smallest absolute Gasteiger partial charge is 0.138 e. The van der Waals surface area contributed by atoms with Gasteiger partial charge in [-0.25, -0.2) is 0 Å². The lowest BCUT2D eigenvalue weighted by atomic mass is 9.83. The lowest BCUT2D eigenvalue weighted by Gasteiger charge is -2.22. The Morgan fingerprint density at radius 3 is 3.21 bits per heavy atom. The number of nitrogens with zero attached hydrogens (tertiary/aromatic N) is 4. The van der Waals surface area contributed by atoms with Gasteiger partial charge in [0.2, 0.25) is 0 Å². The molecular weight excluding hydrogens is 180 g/mol. The minimum atomic E-state index is 0.303. The zero-order valence-electron chi connectivity index (χ0n) is 7.83. The van der Waals surface area contributed by atoms with Crippen LogP contribution in [0.1, 0.15) is 19.3 Å². The summed E-state index contributed by atoms with van der Waals surface area (Å²) < 4.78 is 0. The monoisotopic (exact) mass is 192 g/mol. The van der Waals surface area contributed by atoms with Crippen LogP contribution in [-0.4, -0.2) is 18.4 Å². The van der Waals surface area contributed by atoms with Crippen LogP contribution < -0.4 is 0 Å². The Morgan fingerprint density at radius 2 is 2.36 bits per heavy atom. The molecule has 74 valence electrons. The Labute approximate surface area is 81.7 Å². The highest BCUT2D eigenvalue weighted by Crippen LogP contribution is 2.52. The van der Waals surface area contributed by atoms with Crippen molar-refractivity contribution in [2.45, 2.75) is 25.4 Å². The summed E-state index contributed by atoms with van der Waals surface area (Å²) in [5.74, 6) is 1.90. The Kier molecular flexibility index (Phi) is 1.67. The van der Waals surface area contributed by atoms with Crippen molar-refractivity contribution in [3.8, 4) is 0 Å². The molecule has 2 fully saturated rings. The Hall–Kier alpha value is -1.22. The van der Waals surface area contributed by atoms with E-state index in [1.54, 1.807) is 0 Å². The minimum Gasteiger partial charge on any atom is -0.392 e. The quantitative estimate of drug-likeness (QED) is 0.375. The number of hydrogen-bond donors (Lipinski definition) is 0. The second-order valence-electron chi connectivity index (χ2n) is 4.40. The lowest BCUT2D eigenvalue weighted by Crippen LogP contribution is -2.30. The number of oxime groups is 1. The van der Waals surface area contributed by atoms with Crippen LogP contribution in [-0.2, 0) is 4.84 Å². The van der Waals surface area contributed by atoms with Crippen LogP contribution in [0.15, 0.2) is 10.3 Å². The van der Waals surface area contributed by atoms with E-state index >= 15 is 0 Å². The summed E-state index contributed by atoms with van der Waals surface area (Å²) in [6.07, 6.45) is 4.17. The molecule has 5 heteroatoms. The Bertz CT molecular complexity index is 334. The van der Waals surface area contributed by atoms with E-state index in [4.69, 9.17) is 10.4 Å². The maximum atomic E-state index is 8.26. The third-order valence-corrected chi connectivity index (χ3v) is 3.81. The zero-order chi connectivity index (χ0) is 9.54. The molecule has 2 saturated carbocycles. The highest BCUT2D eigenvalue weighted by molar-refractivity contribution is 5.90. The highest BCUT2D eigenvalue weighted by Gasteiger charge is 2.53. The molecule has 0 spiro atoms. The number of hydrogen-bond acceptors (Lipinski definition) is 3. The predicted molar refractivity (Wildman–Crippen MR) is 50.6 cm³/mol. The Morgan fingerprint density at radius 1 is 1.50 bits per heavy atom. The van der Waals surface area contributed by atoms with E-state index in [0.717, 1.165) is 11.6 Å². The van der Waals surface area contributed by atoms with Gasteiger partial charge in [0, 0.05) is 10.8 Å². The van der Waals surface area contributed by atoms with E-state index in [1.165, 1.54) is 19.3 Å². The largest absolute Gasteiger partial charge is 0.392 e. The average Bonchev–Trinajstić information content (AvgIpc) is 2.87. The molecule has 0 aromatic rings. The summed E-state index contributed by atoms with van der Waals surface area (Å²) in [5.41, 5.74) is 9.23. The fraction of sp³-hybridized carbons (Fsp3) is 0.889. The molecule has 0 unspecified atom stereocenters. The van der Waals surface area contributed by atoms with Crippen molar-refractivity contribution < 1.29 is 4.84 Å². The summed E-state index contributed by atoms with van der Waals surface area (Å²) in [4.78, 5) is 8.19. The van der Waals surface area contributed by atoms with Gasteiger partial charge in [-0.15, -0.1) is 0 Å². The van der Waals surface area contributed by atoms with E-state index in [1.807, 2.05) is 0 Å². The fourth-order valence-electron chi connectivity index (χ4n) is 3.28. The van der Waals surface area contributed by atoms with Crippen LogP contribution >= 0.6 is 0 Å². The predicted octanol–water partition coefficient (Wildman–Crippen LogP) is 2.10.